The largest absolute Gasteiger partial charge is 0.489 e. The van der Waals surface area contributed by atoms with Crippen LogP contribution < -0.4 is 20.7 Å². The molecule has 0 saturated heterocycles. The Labute approximate surface area is 208 Å². The lowest BCUT2D eigenvalue weighted by Gasteiger charge is -2.30. The molecular formula is C26H23ClFN3O2S. The topological polar surface area (TPSA) is 62.4 Å². The van der Waals surface area contributed by atoms with E-state index in [-0.39, 0.29) is 12.5 Å². The van der Waals surface area contributed by atoms with Crippen LogP contribution >= 0.6 is 23.8 Å². The fourth-order valence-electron chi connectivity index (χ4n) is 3.70. The van der Waals surface area contributed by atoms with Gasteiger partial charge in [-0.15, -0.1) is 0 Å². The molecule has 3 N–H and O–H groups in total. The van der Waals surface area contributed by atoms with Crippen molar-refractivity contribution in [3.8, 4) is 5.75 Å². The van der Waals surface area contributed by atoms with Gasteiger partial charge in [0.25, 0.3) is 5.91 Å². The maximum Gasteiger partial charge on any atom is 0.251 e. The number of allylic oxidation sites excluding steroid dienone is 1. The van der Waals surface area contributed by atoms with Gasteiger partial charge < -0.3 is 20.7 Å². The van der Waals surface area contributed by atoms with Crippen molar-refractivity contribution < 1.29 is 13.9 Å². The molecule has 0 aromatic heterocycles. The molecule has 0 bridgehead atoms. The SMILES string of the molecule is CC1=C(C(=O)NCc2ccccc2)C(c2ccc(OCc3c(F)cccc3Cl)cc2)NC(=S)N1. The molecule has 3 aromatic carbocycles. The average Bonchev–Trinajstić information content (AvgIpc) is 2.83. The normalized spacial score (nSPS) is 15.4. The van der Waals surface area contributed by atoms with Gasteiger partial charge in [0, 0.05) is 17.8 Å². The summed E-state index contributed by atoms with van der Waals surface area (Å²) in [5, 5.41) is 9.95. The minimum absolute atomic E-state index is 0.00664. The van der Waals surface area contributed by atoms with Crippen LogP contribution in [-0.4, -0.2) is 11.0 Å². The number of thiocarbonyl (C=S) groups is 1. The van der Waals surface area contributed by atoms with Gasteiger partial charge in [0.2, 0.25) is 0 Å². The molecule has 0 saturated carbocycles. The molecule has 1 aliphatic rings. The number of hydrogen-bond donors (Lipinski definition) is 3. The Morgan fingerprint density at radius 2 is 1.82 bits per heavy atom. The number of carbonyl (C=O) groups excluding carboxylic acids is 1. The van der Waals surface area contributed by atoms with Gasteiger partial charge >= 0.3 is 0 Å². The van der Waals surface area contributed by atoms with Crippen LogP contribution in [0.1, 0.15) is 29.7 Å². The zero-order valence-corrected chi connectivity index (χ0v) is 20.0. The van der Waals surface area contributed by atoms with Gasteiger partial charge in [-0.25, -0.2) is 4.39 Å². The third-order valence-corrected chi connectivity index (χ3v) is 6.04. The second-order valence-electron chi connectivity index (χ2n) is 7.80. The van der Waals surface area contributed by atoms with Crippen LogP contribution in [0.3, 0.4) is 0 Å². The van der Waals surface area contributed by atoms with Gasteiger partial charge in [-0.2, -0.15) is 0 Å². The summed E-state index contributed by atoms with van der Waals surface area (Å²) in [7, 11) is 0. The second-order valence-corrected chi connectivity index (χ2v) is 8.61. The molecule has 1 atom stereocenters. The summed E-state index contributed by atoms with van der Waals surface area (Å²) in [6, 6.07) is 21.0. The highest BCUT2D eigenvalue weighted by Gasteiger charge is 2.29. The maximum atomic E-state index is 14.0. The van der Waals surface area contributed by atoms with Crippen molar-refractivity contribution in [1.82, 2.24) is 16.0 Å². The summed E-state index contributed by atoms with van der Waals surface area (Å²) in [4.78, 5) is 13.1. The Bertz CT molecular complexity index is 1210. The first kappa shape index (κ1) is 23.7. The van der Waals surface area contributed by atoms with E-state index in [9.17, 15) is 9.18 Å². The lowest BCUT2D eigenvalue weighted by atomic mass is 9.95. The molecule has 0 fully saturated rings. The van der Waals surface area contributed by atoms with E-state index in [0.29, 0.717) is 39.3 Å². The highest BCUT2D eigenvalue weighted by molar-refractivity contribution is 7.80. The Balaban J connectivity index is 1.49. The quantitative estimate of drug-likeness (QED) is 0.395. The van der Waals surface area contributed by atoms with E-state index in [0.717, 1.165) is 11.1 Å². The number of ether oxygens (including phenoxy) is 1. The van der Waals surface area contributed by atoms with E-state index >= 15 is 0 Å². The highest BCUT2D eigenvalue weighted by Crippen LogP contribution is 2.29. The molecule has 174 valence electrons. The zero-order chi connectivity index (χ0) is 24.1. The predicted octanol–water partition coefficient (Wildman–Crippen LogP) is 5.17. The van der Waals surface area contributed by atoms with Crippen molar-refractivity contribution in [1.29, 1.82) is 0 Å². The van der Waals surface area contributed by atoms with Crippen molar-refractivity contribution in [2.45, 2.75) is 26.1 Å². The molecule has 1 unspecified atom stereocenters. The van der Waals surface area contributed by atoms with Crippen LogP contribution in [0.25, 0.3) is 0 Å². The number of amides is 1. The molecule has 0 spiro atoms. The van der Waals surface area contributed by atoms with E-state index < -0.39 is 11.9 Å². The van der Waals surface area contributed by atoms with Crippen molar-refractivity contribution in [2.75, 3.05) is 0 Å². The van der Waals surface area contributed by atoms with Gasteiger partial charge in [-0.1, -0.05) is 60.1 Å². The summed E-state index contributed by atoms with van der Waals surface area (Å²) in [6.07, 6.45) is 0. The average molecular weight is 496 g/mol. The number of carbonyl (C=O) groups is 1. The van der Waals surface area contributed by atoms with Crippen LogP contribution in [-0.2, 0) is 17.9 Å². The number of benzene rings is 3. The van der Waals surface area contributed by atoms with Crippen molar-refractivity contribution in [3.05, 3.63) is 112 Å². The van der Waals surface area contributed by atoms with Crippen LogP contribution in [0, 0.1) is 5.82 Å². The van der Waals surface area contributed by atoms with Crippen LogP contribution in [0.2, 0.25) is 5.02 Å². The zero-order valence-electron chi connectivity index (χ0n) is 18.4. The standard InChI is InChI=1S/C26H23ClFN3O2S/c1-16-23(25(32)29-14-17-6-3-2-4-7-17)24(31-26(34)30-16)18-10-12-19(13-11-18)33-15-20-21(27)8-5-9-22(20)28/h2-13,24H,14-15H2,1H3,(H,29,32)(H2,30,31,34). The fraction of sp³-hybridized carbons (Fsp3) is 0.154. The van der Waals surface area contributed by atoms with Crippen LogP contribution in [0.5, 0.6) is 5.75 Å². The first-order valence-corrected chi connectivity index (χ1v) is 11.5. The third kappa shape index (κ3) is 5.55. The van der Waals surface area contributed by atoms with Gasteiger partial charge in [0.05, 0.1) is 16.6 Å². The Hall–Kier alpha value is -3.42. The fourth-order valence-corrected chi connectivity index (χ4v) is 4.19. The smallest absolute Gasteiger partial charge is 0.251 e. The van der Waals surface area contributed by atoms with E-state index in [1.807, 2.05) is 49.4 Å². The molecule has 34 heavy (non-hydrogen) atoms. The van der Waals surface area contributed by atoms with E-state index in [1.165, 1.54) is 6.07 Å². The van der Waals surface area contributed by atoms with Crippen molar-refractivity contribution >= 4 is 34.8 Å². The first-order chi connectivity index (χ1) is 16.4. The lowest BCUT2D eigenvalue weighted by molar-refractivity contribution is -0.118. The molecule has 0 aliphatic carbocycles. The number of hydrogen-bond acceptors (Lipinski definition) is 3. The molecule has 3 aromatic rings. The van der Waals surface area contributed by atoms with Gasteiger partial charge in [-0.05, 0) is 54.5 Å². The van der Waals surface area contributed by atoms with Gasteiger partial charge in [0.15, 0.2) is 5.11 Å². The molecule has 8 heteroatoms. The number of rotatable bonds is 7. The lowest BCUT2D eigenvalue weighted by Crippen LogP contribution is -2.46. The highest BCUT2D eigenvalue weighted by atomic mass is 35.5. The Morgan fingerprint density at radius 1 is 1.09 bits per heavy atom. The monoisotopic (exact) mass is 495 g/mol. The predicted molar refractivity (Wildman–Crippen MR) is 135 cm³/mol. The first-order valence-electron chi connectivity index (χ1n) is 10.7. The van der Waals surface area contributed by atoms with E-state index in [4.69, 9.17) is 28.6 Å². The molecule has 1 aliphatic heterocycles. The number of nitrogens with one attached hydrogen (secondary N) is 3. The third-order valence-electron chi connectivity index (χ3n) is 5.47. The van der Waals surface area contributed by atoms with Crippen molar-refractivity contribution in [3.63, 3.8) is 0 Å². The van der Waals surface area contributed by atoms with Gasteiger partial charge in [0.1, 0.15) is 18.2 Å². The Kier molecular flexibility index (Phi) is 7.45. The summed E-state index contributed by atoms with van der Waals surface area (Å²) in [5.74, 6) is -0.0537. The summed E-state index contributed by atoms with van der Waals surface area (Å²) in [5.41, 5.74) is 3.39. The molecule has 1 heterocycles. The molecule has 1 amide bonds. The van der Waals surface area contributed by atoms with E-state index in [2.05, 4.69) is 16.0 Å². The molecule has 5 nitrogen and oxygen atoms in total. The van der Waals surface area contributed by atoms with Crippen molar-refractivity contribution in [2.24, 2.45) is 0 Å². The van der Waals surface area contributed by atoms with Crippen LogP contribution in [0.15, 0.2) is 84.1 Å². The minimum Gasteiger partial charge on any atom is -0.489 e. The number of halogens is 2. The van der Waals surface area contributed by atoms with Gasteiger partial charge in [-0.3, -0.25) is 4.79 Å². The van der Waals surface area contributed by atoms with E-state index in [1.54, 1.807) is 24.3 Å². The summed E-state index contributed by atoms with van der Waals surface area (Å²) >= 11 is 11.4. The molecule has 4 rings (SSSR count). The maximum absolute atomic E-state index is 14.0. The summed E-state index contributed by atoms with van der Waals surface area (Å²) in [6.45, 7) is 2.25. The molecule has 0 radical (unpaired) electrons. The molecular weight excluding hydrogens is 473 g/mol. The second kappa shape index (κ2) is 10.7. The summed E-state index contributed by atoms with van der Waals surface area (Å²) < 4.78 is 19.7. The van der Waals surface area contributed by atoms with Crippen LogP contribution in [0.4, 0.5) is 4.39 Å². The minimum atomic E-state index is -0.431. The Morgan fingerprint density at radius 3 is 2.53 bits per heavy atom.